The number of rotatable bonds is 5. The quantitative estimate of drug-likeness (QED) is 0.629. The standard InChI is InChI=1S/C13H19NO3/c1-4-16-13(15)8-10-5-6-12(11(14)7-10)17-9(2)3/h5-7,9H,4,8,14H2,1-3H3. The molecule has 17 heavy (non-hydrogen) atoms. The number of ether oxygens (including phenoxy) is 2. The van der Waals surface area contributed by atoms with Gasteiger partial charge in [0.15, 0.2) is 0 Å². The highest BCUT2D eigenvalue weighted by atomic mass is 16.5. The Balaban J connectivity index is 2.71. The fourth-order valence-electron chi connectivity index (χ4n) is 1.45. The highest BCUT2D eigenvalue weighted by molar-refractivity contribution is 5.73. The predicted octanol–water partition coefficient (Wildman–Crippen LogP) is 2.16. The number of carbonyl (C=O) groups is 1. The molecule has 0 fully saturated rings. The zero-order valence-corrected chi connectivity index (χ0v) is 10.5. The van der Waals surface area contributed by atoms with Crippen molar-refractivity contribution in [2.75, 3.05) is 12.3 Å². The van der Waals surface area contributed by atoms with Gasteiger partial charge >= 0.3 is 5.97 Å². The zero-order chi connectivity index (χ0) is 12.8. The molecule has 94 valence electrons. The Morgan fingerprint density at radius 3 is 2.65 bits per heavy atom. The van der Waals surface area contributed by atoms with E-state index in [0.717, 1.165) is 5.56 Å². The highest BCUT2D eigenvalue weighted by Gasteiger charge is 2.07. The summed E-state index contributed by atoms with van der Waals surface area (Å²) in [6.07, 6.45) is 0.313. The maximum absolute atomic E-state index is 11.3. The molecular weight excluding hydrogens is 218 g/mol. The Labute approximate surface area is 102 Å². The topological polar surface area (TPSA) is 61.5 Å². The van der Waals surface area contributed by atoms with Gasteiger partial charge in [0.1, 0.15) is 5.75 Å². The Morgan fingerprint density at radius 2 is 2.12 bits per heavy atom. The molecule has 0 heterocycles. The molecule has 0 aromatic heterocycles. The van der Waals surface area contributed by atoms with E-state index in [0.29, 0.717) is 18.0 Å². The number of esters is 1. The van der Waals surface area contributed by atoms with Crippen LogP contribution in [0, 0.1) is 0 Å². The molecule has 0 aliphatic rings. The first kappa shape index (κ1) is 13.4. The van der Waals surface area contributed by atoms with Gasteiger partial charge in [-0.15, -0.1) is 0 Å². The fourth-order valence-corrected chi connectivity index (χ4v) is 1.45. The summed E-state index contributed by atoms with van der Waals surface area (Å²) in [5, 5.41) is 0. The smallest absolute Gasteiger partial charge is 0.310 e. The average Bonchev–Trinajstić information content (AvgIpc) is 2.22. The molecule has 4 nitrogen and oxygen atoms in total. The van der Waals surface area contributed by atoms with Crippen LogP contribution in [0.3, 0.4) is 0 Å². The number of nitrogen functional groups attached to an aromatic ring is 1. The molecule has 2 N–H and O–H groups in total. The van der Waals surface area contributed by atoms with Crippen LogP contribution in [0.15, 0.2) is 18.2 Å². The Kier molecular flexibility index (Phi) is 4.82. The van der Waals surface area contributed by atoms with Gasteiger partial charge in [-0.3, -0.25) is 4.79 Å². The summed E-state index contributed by atoms with van der Waals surface area (Å²) in [6.45, 7) is 6.05. The number of hydrogen-bond acceptors (Lipinski definition) is 4. The van der Waals surface area contributed by atoms with Crippen LogP contribution < -0.4 is 10.5 Å². The van der Waals surface area contributed by atoms with Crippen molar-refractivity contribution in [3.05, 3.63) is 23.8 Å². The zero-order valence-electron chi connectivity index (χ0n) is 10.5. The SMILES string of the molecule is CCOC(=O)Cc1ccc(OC(C)C)c(N)c1. The van der Waals surface area contributed by atoms with E-state index in [-0.39, 0.29) is 18.5 Å². The van der Waals surface area contributed by atoms with E-state index in [1.54, 1.807) is 19.1 Å². The van der Waals surface area contributed by atoms with E-state index in [1.165, 1.54) is 0 Å². The first-order valence-electron chi connectivity index (χ1n) is 5.73. The van der Waals surface area contributed by atoms with E-state index in [2.05, 4.69) is 0 Å². The lowest BCUT2D eigenvalue weighted by Gasteiger charge is -2.12. The third-order valence-electron chi connectivity index (χ3n) is 2.09. The minimum atomic E-state index is -0.246. The molecule has 0 amide bonds. The number of carbonyl (C=O) groups excluding carboxylic acids is 1. The molecule has 0 aliphatic heterocycles. The van der Waals surface area contributed by atoms with Gasteiger partial charge in [0.25, 0.3) is 0 Å². The van der Waals surface area contributed by atoms with Crippen molar-refractivity contribution in [3.8, 4) is 5.75 Å². The summed E-state index contributed by atoms with van der Waals surface area (Å²) in [5.41, 5.74) is 7.21. The molecule has 0 saturated heterocycles. The summed E-state index contributed by atoms with van der Waals surface area (Å²) >= 11 is 0. The first-order valence-corrected chi connectivity index (χ1v) is 5.73. The van der Waals surface area contributed by atoms with Crippen LogP contribution in [0.25, 0.3) is 0 Å². The van der Waals surface area contributed by atoms with Gasteiger partial charge in [-0.05, 0) is 38.5 Å². The minimum absolute atomic E-state index is 0.0770. The summed E-state index contributed by atoms with van der Waals surface area (Å²) in [4.78, 5) is 11.3. The number of hydrogen-bond donors (Lipinski definition) is 1. The van der Waals surface area contributed by atoms with E-state index in [4.69, 9.17) is 15.2 Å². The van der Waals surface area contributed by atoms with E-state index >= 15 is 0 Å². The second-order valence-electron chi connectivity index (χ2n) is 4.02. The van der Waals surface area contributed by atoms with Crippen molar-refractivity contribution in [3.63, 3.8) is 0 Å². The largest absolute Gasteiger partial charge is 0.489 e. The normalized spacial score (nSPS) is 10.4. The van der Waals surface area contributed by atoms with E-state index in [1.807, 2.05) is 19.9 Å². The van der Waals surface area contributed by atoms with Gasteiger partial charge in [-0.25, -0.2) is 0 Å². The third-order valence-corrected chi connectivity index (χ3v) is 2.09. The van der Waals surface area contributed by atoms with Crippen molar-refractivity contribution in [2.45, 2.75) is 33.3 Å². The molecule has 0 unspecified atom stereocenters. The molecule has 1 aromatic rings. The second-order valence-corrected chi connectivity index (χ2v) is 4.02. The number of anilines is 1. The average molecular weight is 237 g/mol. The molecule has 0 spiro atoms. The molecule has 0 bridgehead atoms. The Hall–Kier alpha value is -1.71. The van der Waals surface area contributed by atoms with Crippen molar-refractivity contribution in [1.82, 2.24) is 0 Å². The van der Waals surface area contributed by atoms with Crippen LogP contribution in [0.1, 0.15) is 26.3 Å². The number of nitrogens with two attached hydrogens (primary N) is 1. The van der Waals surface area contributed by atoms with Crippen molar-refractivity contribution >= 4 is 11.7 Å². The van der Waals surface area contributed by atoms with Gasteiger partial charge in [0.2, 0.25) is 0 Å². The first-order chi connectivity index (χ1) is 8.02. The summed E-state index contributed by atoms with van der Waals surface area (Å²) < 4.78 is 10.4. The summed E-state index contributed by atoms with van der Waals surface area (Å²) in [6, 6.07) is 5.35. The van der Waals surface area contributed by atoms with E-state index in [9.17, 15) is 4.79 Å². The lowest BCUT2D eigenvalue weighted by Crippen LogP contribution is -2.09. The van der Waals surface area contributed by atoms with Crippen LogP contribution in [0.2, 0.25) is 0 Å². The van der Waals surface area contributed by atoms with Crippen molar-refractivity contribution in [1.29, 1.82) is 0 Å². The van der Waals surface area contributed by atoms with Crippen LogP contribution in [-0.4, -0.2) is 18.7 Å². The lowest BCUT2D eigenvalue weighted by molar-refractivity contribution is -0.142. The Morgan fingerprint density at radius 1 is 1.41 bits per heavy atom. The number of benzene rings is 1. The second kappa shape index (κ2) is 6.13. The van der Waals surface area contributed by atoms with Gasteiger partial charge < -0.3 is 15.2 Å². The van der Waals surface area contributed by atoms with Crippen molar-refractivity contribution in [2.24, 2.45) is 0 Å². The molecule has 0 saturated carbocycles. The summed E-state index contributed by atoms with van der Waals surface area (Å²) in [5.74, 6) is 0.400. The highest BCUT2D eigenvalue weighted by Crippen LogP contribution is 2.23. The molecule has 1 aromatic carbocycles. The van der Waals surface area contributed by atoms with Gasteiger partial charge in [0, 0.05) is 0 Å². The van der Waals surface area contributed by atoms with Crippen LogP contribution >= 0.6 is 0 Å². The van der Waals surface area contributed by atoms with Gasteiger partial charge in [-0.1, -0.05) is 6.07 Å². The van der Waals surface area contributed by atoms with Crippen LogP contribution in [0.5, 0.6) is 5.75 Å². The Bertz CT molecular complexity index is 388. The van der Waals surface area contributed by atoms with E-state index < -0.39 is 0 Å². The van der Waals surface area contributed by atoms with Gasteiger partial charge in [-0.2, -0.15) is 0 Å². The maximum Gasteiger partial charge on any atom is 0.310 e. The summed E-state index contributed by atoms with van der Waals surface area (Å²) in [7, 11) is 0. The molecule has 4 heteroatoms. The molecule has 0 aliphatic carbocycles. The third kappa shape index (κ3) is 4.34. The lowest BCUT2D eigenvalue weighted by atomic mass is 10.1. The van der Waals surface area contributed by atoms with Crippen LogP contribution in [0.4, 0.5) is 5.69 Å². The van der Waals surface area contributed by atoms with Crippen LogP contribution in [-0.2, 0) is 16.0 Å². The van der Waals surface area contributed by atoms with Crippen molar-refractivity contribution < 1.29 is 14.3 Å². The molecular formula is C13H19NO3. The fraction of sp³-hybridized carbons (Fsp3) is 0.462. The predicted molar refractivity (Wildman–Crippen MR) is 67.0 cm³/mol. The minimum Gasteiger partial charge on any atom is -0.489 e. The van der Waals surface area contributed by atoms with Gasteiger partial charge in [0.05, 0.1) is 24.8 Å². The molecule has 0 atom stereocenters. The maximum atomic E-state index is 11.3. The monoisotopic (exact) mass is 237 g/mol. The molecule has 1 rings (SSSR count). The molecule has 0 radical (unpaired) electrons.